The van der Waals surface area contributed by atoms with Crippen LogP contribution in [0.3, 0.4) is 0 Å². The molecule has 0 saturated heterocycles. The number of nitrogens with one attached hydrogen (secondary N) is 2. The minimum Gasteiger partial charge on any atom is -0.352 e. The Morgan fingerprint density at radius 2 is 1.96 bits per heavy atom. The molecule has 2 N–H and O–H groups in total. The molecule has 6 heteroatoms. The van der Waals surface area contributed by atoms with Crippen molar-refractivity contribution in [3.05, 3.63) is 64.2 Å². The number of carbonyl (C=O) groups is 2. The summed E-state index contributed by atoms with van der Waals surface area (Å²) in [6.07, 6.45) is 0.715. The highest BCUT2D eigenvalue weighted by Crippen LogP contribution is 2.21. The Labute approximate surface area is 131 Å². The summed E-state index contributed by atoms with van der Waals surface area (Å²) in [5.74, 6) is -2.43. The van der Waals surface area contributed by atoms with Gasteiger partial charge in [0.2, 0.25) is 0 Å². The fourth-order valence-electron chi connectivity index (χ4n) is 2.51. The van der Waals surface area contributed by atoms with Crippen LogP contribution in [0.25, 0.3) is 0 Å². The van der Waals surface area contributed by atoms with Gasteiger partial charge in [0.25, 0.3) is 11.8 Å². The van der Waals surface area contributed by atoms with Crippen molar-refractivity contribution in [3.8, 4) is 0 Å². The van der Waals surface area contributed by atoms with Gasteiger partial charge in [-0.05, 0) is 48.7 Å². The lowest BCUT2D eigenvalue weighted by molar-refractivity contribution is 0.0944. The molecule has 1 aliphatic rings. The molecule has 3 rings (SSSR count). The first kappa shape index (κ1) is 15.1. The van der Waals surface area contributed by atoms with Gasteiger partial charge in [-0.25, -0.2) is 8.78 Å². The Bertz CT molecular complexity index is 818. The molecule has 0 fully saturated rings. The first-order valence-corrected chi connectivity index (χ1v) is 7.14. The van der Waals surface area contributed by atoms with Crippen molar-refractivity contribution in [3.63, 3.8) is 0 Å². The van der Waals surface area contributed by atoms with Gasteiger partial charge in [-0.1, -0.05) is 6.07 Å². The van der Waals surface area contributed by atoms with Crippen LogP contribution in [-0.4, -0.2) is 18.4 Å². The van der Waals surface area contributed by atoms with Gasteiger partial charge in [-0.3, -0.25) is 9.59 Å². The van der Waals surface area contributed by atoms with E-state index in [4.69, 9.17) is 0 Å². The van der Waals surface area contributed by atoms with Crippen LogP contribution in [0.1, 0.15) is 31.8 Å². The van der Waals surface area contributed by atoms with E-state index < -0.39 is 17.5 Å². The van der Waals surface area contributed by atoms with Gasteiger partial charge in [0.1, 0.15) is 11.6 Å². The minimum absolute atomic E-state index is 0.129. The summed E-state index contributed by atoms with van der Waals surface area (Å²) in [5.41, 5.74) is 1.47. The third-order valence-electron chi connectivity index (χ3n) is 3.79. The highest BCUT2D eigenvalue weighted by atomic mass is 19.1. The molecule has 23 heavy (non-hydrogen) atoms. The van der Waals surface area contributed by atoms with Crippen molar-refractivity contribution < 1.29 is 18.4 Å². The molecule has 2 amide bonds. The zero-order valence-corrected chi connectivity index (χ0v) is 12.4. The summed E-state index contributed by atoms with van der Waals surface area (Å²) >= 11 is 0. The number of hydrogen-bond donors (Lipinski definition) is 2. The molecular formula is C17H14F2N2O2. The zero-order valence-electron chi connectivity index (χ0n) is 12.4. The quantitative estimate of drug-likeness (QED) is 0.895. The van der Waals surface area contributed by atoms with E-state index >= 15 is 0 Å². The largest absolute Gasteiger partial charge is 0.352 e. The molecule has 1 aliphatic heterocycles. The average molecular weight is 316 g/mol. The van der Waals surface area contributed by atoms with Crippen LogP contribution >= 0.6 is 0 Å². The molecule has 0 saturated carbocycles. The standard InChI is InChI=1S/C17H14F2N2O2/c1-9-6-15(19)13(8-14(9)18)17(23)21-11-3-2-10-4-5-20-16(22)12(10)7-11/h2-3,6-8H,4-5H2,1H3,(H,20,22)(H,21,23). The lowest BCUT2D eigenvalue weighted by Crippen LogP contribution is -2.31. The maximum atomic E-state index is 13.8. The Hall–Kier alpha value is -2.76. The predicted molar refractivity (Wildman–Crippen MR) is 81.5 cm³/mol. The van der Waals surface area contributed by atoms with Gasteiger partial charge in [-0.15, -0.1) is 0 Å². The molecule has 2 aromatic rings. The SMILES string of the molecule is Cc1cc(F)c(C(=O)Nc2ccc3c(c2)C(=O)NCC3)cc1F. The predicted octanol–water partition coefficient (Wildman–Crippen LogP) is 2.81. The van der Waals surface area contributed by atoms with Crippen molar-refractivity contribution in [2.45, 2.75) is 13.3 Å². The fourth-order valence-corrected chi connectivity index (χ4v) is 2.51. The number of fused-ring (bicyclic) bond motifs is 1. The summed E-state index contributed by atoms with van der Waals surface area (Å²) in [6.45, 7) is 1.99. The number of amides is 2. The summed E-state index contributed by atoms with van der Waals surface area (Å²) < 4.78 is 27.4. The number of aryl methyl sites for hydroxylation is 1. The lowest BCUT2D eigenvalue weighted by atomic mass is 9.99. The van der Waals surface area contributed by atoms with Crippen LogP contribution in [-0.2, 0) is 6.42 Å². The van der Waals surface area contributed by atoms with Gasteiger partial charge < -0.3 is 10.6 Å². The molecule has 2 aromatic carbocycles. The Kier molecular flexibility index (Phi) is 3.82. The van der Waals surface area contributed by atoms with Gasteiger partial charge >= 0.3 is 0 Å². The number of halogens is 2. The zero-order chi connectivity index (χ0) is 16.6. The van der Waals surface area contributed by atoms with Crippen LogP contribution in [0.5, 0.6) is 0 Å². The lowest BCUT2D eigenvalue weighted by Gasteiger charge is -2.17. The normalized spacial score (nSPS) is 13.3. The van der Waals surface area contributed by atoms with Crippen LogP contribution in [0.4, 0.5) is 14.5 Å². The number of hydrogen-bond acceptors (Lipinski definition) is 2. The van der Waals surface area contributed by atoms with Crippen molar-refractivity contribution in [2.75, 3.05) is 11.9 Å². The van der Waals surface area contributed by atoms with E-state index in [-0.39, 0.29) is 17.0 Å². The van der Waals surface area contributed by atoms with E-state index in [0.29, 0.717) is 24.2 Å². The average Bonchev–Trinajstić information content (AvgIpc) is 2.51. The Morgan fingerprint density at radius 3 is 2.74 bits per heavy atom. The van der Waals surface area contributed by atoms with E-state index in [1.165, 1.54) is 13.0 Å². The van der Waals surface area contributed by atoms with E-state index in [9.17, 15) is 18.4 Å². The number of benzene rings is 2. The maximum absolute atomic E-state index is 13.8. The second kappa shape index (κ2) is 5.79. The van der Waals surface area contributed by atoms with Crippen LogP contribution in [0.2, 0.25) is 0 Å². The minimum atomic E-state index is -0.794. The van der Waals surface area contributed by atoms with E-state index in [1.807, 2.05) is 0 Å². The number of anilines is 1. The first-order valence-electron chi connectivity index (χ1n) is 7.14. The molecule has 118 valence electrons. The van der Waals surface area contributed by atoms with Gasteiger partial charge in [0, 0.05) is 17.8 Å². The van der Waals surface area contributed by atoms with Gasteiger partial charge in [0.15, 0.2) is 0 Å². The maximum Gasteiger partial charge on any atom is 0.258 e. The topological polar surface area (TPSA) is 58.2 Å². The Balaban J connectivity index is 1.88. The van der Waals surface area contributed by atoms with Crippen LogP contribution in [0, 0.1) is 18.6 Å². The Morgan fingerprint density at radius 1 is 1.17 bits per heavy atom. The van der Waals surface area contributed by atoms with Crippen LogP contribution in [0.15, 0.2) is 30.3 Å². The van der Waals surface area contributed by atoms with Crippen LogP contribution < -0.4 is 10.6 Å². The molecule has 0 atom stereocenters. The number of rotatable bonds is 2. The van der Waals surface area contributed by atoms with Crippen molar-refractivity contribution in [2.24, 2.45) is 0 Å². The third-order valence-corrected chi connectivity index (χ3v) is 3.79. The van der Waals surface area contributed by atoms with Gasteiger partial charge in [0.05, 0.1) is 5.56 Å². The molecule has 4 nitrogen and oxygen atoms in total. The monoisotopic (exact) mass is 316 g/mol. The molecule has 0 radical (unpaired) electrons. The summed E-state index contributed by atoms with van der Waals surface area (Å²) in [4.78, 5) is 23.9. The van der Waals surface area contributed by atoms with Crippen molar-refractivity contribution in [1.82, 2.24) is 5.32 Å². The molecule has 1 heterocycles. The van der Waals surface area contributed by atoms with E-state index in [0.717, 1.165) is 17.7 Å². The van der Waals surface area contributed by atoms with Crippen molar-refractivity contribution >= 4 is 17.5 Å². The summed E-state index contributed by atoms with van der Waals surface area (Å²) in [5, 5.41) is 5.20. The fraction of sp³-hybridized carbons (Fsp3) is 0.176. The number of carbonyl (C=O) groups excluding carboxylic acids is 2. The summed E-state index contributed by atoms with van der Waals surface area (Å²) in [7, 11) is 0. The second-order valence-corrected chi connectivity index (χ2v) is 5.41. The van der Waals surface area contributed by atoms with E-state index in [2.05, 4.69) is 10.6 Å². The second-order valence-electron chi connectivity index (χ2n) is 5.41. The highest BCUT2D eigenvalue weighted by molar-refractivity contribution is 6.05. The molecule has 0 unspecified atom stereocenters. The highest BCUT2D eigenvalue weighted by Gasteiger charge is 2.19. The summed E-state index contributed by atoms with van der Waals surface area (Å²) in [6, 6.07) is 6.76. The molecule has 0 aliphatic carbocycles. The molecule has 0 aromatic heterocycles. The molecule has 0 spiro atoms. The van der Waals surface area contributed by atoms with Gasteiger partial charge in [-0.2, -0.15) is 0 Å². The molecule has 0 bridgehead atoms. The molecular weight excluding hydrogens is 302 g/mol. The third kappa shape index (κ3) is 2.92. The smallest absolute Gasteiger partial charge is 0.258 e. The first-order chi connectivity index (χ1) is 11.0. The van der Waals surface area contributed by atoms with E-state index in [1.54, 1.807) is 12.1 Å². The van der Waals surface area contributed by atoms with Crippen molar-refractivity contribution in [1.29, 1.82) is 0 Å².